The van der Waals surface area contributed by atoms with Crippen LogP contribution >= 0.6 is 0 Å². The molecular weight excluding hydrogens is 226 g/mol. The summed E-state index contributed by atoms with van der Waals surface area (Å²) in [5, 5.41) is 3.49. The first-order valence-electron chi connectivity index (χ1n) is 6.40. The Morgan fingerprint density at radius 1 is 1.11 bits per heavy atom. The number of nitrogens with one attached hydrogen (secondary N) is 1. The Morgan fingerprint density at radius 2 is 1.78 bits per heavy atom. The summed E-state index contributed by atoms with van der Waals surface area (Å²) in [5.74, 6) is 0.903. The second-order valence-corrected chi connectivity index (χ2v) is 4.68. The zero-order valence-corrected chi connectivity index (χ0v) is 10.5. The quantitative estimate of drug-likeness (QED) is 0.880. The molecule has 0 bridgehead atoms. The van der Waals surface area contributed by atoms with Gasteiger partial charge in [-0.3, -0.25) is 0 Å². The molecule has 1 aromatic heterocycles. The molecule has 0 radical (unpaired) electrons. The van der Waals surface area contributed by atoms with Crippen molar-refractivity contribution in [2.75, 3.05) is 18.5 Å². The molecule has 2 aromatic rings. The van der Waals surface area contributed by atoms with E-state index in [2.05, 4.69) is 15.3 Å². The van der Waals surface area contributed by atoms with Crippen LogP contribution < -0.4 is 5.32 Å². The first-order valence-corrected chi connectivity index (χ1v) is 6.40. The molecule has 1 aliphatic rings. The molecule has 4 nitrogen and oxygen atoms in total. The molecule has 1 N–H and O–H groups in total. The van der Waals surface area contributed by atoms with E-state index in [1.165, 1.54) is 0 Å². The second kappa shape index (κ2) is 4.90. The van der Waals surface area contributed by atoms with Crippen LogP contribution in [-0.4, -0.2) is 29.2 Å². The Labute approximate surface area is 106 Å². The summed E-state index contributed by atoms with van der Waals surface area (Å²) in [7, 11) is 0. The molecule has 0 spiro atoms. The van der Waals surface area contributed by atoms with Gasteiger partial charge in [-0.2, -0.15) is 0 Å². The lowest BCUT2D eigenvalue weighted by Gasteiger charge is -2.24. The van der Waals surface area contributed by atoms with Gasteiger partial charge in [-0.1, -0.05) is 12.1 Å². The van der Waals surface area contributed by atoms with Crippen molar-refractivity contribution < 1.29 is 4.74 Å². The molecule has 2 heterocycles. The van der Waals surface area contributed by atoms with Gasteiger partial charge in [-0.15, -0.1) is 0 Å². The van der Waals surface area contributed by atoms with Gasteiger partial charge in [-0.25, -0.2) is 9.97 Å². The zero-order valence-electron chi connectivity index (χ0n) is 10.5. The number of aryl methyl sites for hydroxylation is 1. The van der Waals surface area contributed by atoms with Gasteiger partial charge in [0.05, 0.1) is 16.7 Å². The molecule has 1 fully saturated rings. The van der Waals surface area contributed by atoms with Gasteiger partial charge in [-0.05, 0) is 31.9 Å². The van der Waals surface area contributed by atoms with Crippen molar-refractivity contribution in [2.24, 2.45) is 0 Å². The maximum Gasteiger partial charge on any atom is 0.148 e. The van der Waals surface area contributed by atoms with Crippen LogP contribution in [-0.2, 0) is 4.74 Å². The summed E-state index contributed by atoms with van der Waals surface area (Å²) >= 11 is 0. The van der Waals surface area contributed by atoms with Crippen molar-refractivity contribution in [3.8, 4) is 0 Å². The largest absolute Gasteiger partial charge is 0.381 e. The molecule has 0 saturated carbocycles. The molecule has 0 amide bonds. The standard InChI is InChI=1S/C14H17N3O/c1-10-14(16-11-6-8-18-9-7-11)17-13-5-3-2-4-12(13)15-10/h2-5,11H,6-9H2,1H3,(H,16,17). The monoisotopic (exact) mass is 243 g/mol. The van der Waals surface area contributed by atoms with Crippen LogP contribution in [0.2, 0.25) is 0 Å². The predicted octanol–water partition coefficient (Wildman–Crippen LogP) is 2.53. The normalized spacial score (nSPS) is 16.9. The number of hydrogen-bond donors (Lipinski definition) is 1. The highest BCUT2D eigenvalue weighted by Gasteiger charge is 2.15. The van der Waals surface area contributed by atoms with Gasteiger partial charge in [0.15, 0.2) is 0 Å². The highest BCUT2D eigenvalue weighted by Crippen LogP contribution is 2.19. The third-order valence-corrected chi connectivity index (χ3v) is 3.31. The molecule has 0 aliphatic carbocycles. The second-order valence-electron chi connectivity index (χ2n) is 4.68. The van der Waals surface area contributed by atoms with Gasteiger partial charge < -0.3 is 10.1 Å². The number of nitrogens with zero attached hydrogens (tertiary/aromatic N) is 2. The summed E-state index contributed by atoms with van der Waals surface area (Å²) in [4.78, 5) is 9.24. The first-order chi connectivity index (χ1) is 8.83. The van der Waals surface area contributed by atoms with Crippen LogP contribution in [0.15, 0.2) is 24.3 Å². The number of para-hydroxylation sites is 2. The van der Waals surface area contributed by atoms with Gasteiger partial charge in [0.2, 0.25) is 0 Å². The van der Waals surface area contributed by atoms with Crippen molar-refractivity contribution in [1.82, 2.24) is 9.97 Å². The molecule has 4 heteroatoms. The summed E-state index contributed by atoms with van der Waals surface area (Å²) in [5.41, 5.74) is 2.85. The van der Waals surface area contributed by atoms with Crippen LogP contribution in [0.1, 0.15) is 18.5 Å². The SMILES string of the molecule is Cc1nc2ccccc2nc1NC1CCOCC1. The van der Waals surface area contributed by atoms with Crippen LogP contribution in [0.4, 0.5) is 5.82 Å². The molecule has 18 heavy (non-hydrogen) atoms. The van der Waals surface area contributed by atoms with Gasteiger partial charge >= 0.3 is 0 Å². The number of aromatic nitrogens is 2. The Bertz CT molecular complexity index is 550. The Balaban J connectivity index is 1.88. The minimum Gasteiger partial charge on any atom is -0.381 e. The molecule has 1 aliphatic heterocycles. The van der Waals surface area contributed by atoms with Crippen LogP contribution in [0.3, 0.4) is 0 Å². The summed E-state index contributed by atoms with van der Waals surface area (Å²) in [6, 6.07) is 8.42. The third-order valence-electron chi connectivity index (χ3n) is 3.31. The fraction of sp³-hybridized carbons (Fsp3) is 0.429. The van der Waals surface area contributed by atoms with E-state index < -0.39 is 0 Å². The fourth-order valence-corrected chi connectivity index (χ4v) is 2.26. The molecule has 94 valence electrons. The highest BCUT2D eigenvalue weighted by molar-refractivity contribution is 5.76. The number of anilines is 1. The highest BCUT2D eigenvalue weighted by atomic mass is 16.5. The molecule has 3 rings (SSSR count). The lowest BCUT2D eigenvalue weighted by molar-refractivity contribution is 0.0903. The van der Waals surface area contributed by atoms with E-state index in [9.17, 15) is 0 Å². The van der Waals surface area contributed by atoms with E-state index in [1.807, 2.05) is 31.2 Å². The average Bonchev–Trinajstić information content (AvgIpc) is 2.41. The number of ether oxygens (including phenoxy) is 1. The Kier molecular flexibility index (Phi) is 3.11. The maximum absolute atomic E-state index is 5.36. The van der Waals surface area contributed by atoms with Gasteiger partial charge in [0.25, 0.3) is 0 Å². The minimum absolute atomic E-state index is 0.452. The Morgan fingerprint density at radius 3 is 2.50 bits per heavy atom. The van der Waals surface area contributed by atoms with E-state index in [0.717, 1.165) is 48.6 Å². The van der Waals surface area contributed by atoms with Gasteiger partial charge in [0.1, 0.15) is 5.82 Å². The number of hydrogen-bond acceptors (Lipinski definition) is 4. The number of rotatable bonds is 2. The summed E-state index contributed by atoms with van der Waals surface area (Å²) in [6.45, 7) is 3.66. The van der Waals surface area contributed by atoms with E-state index in [4.69, 9.17) is 4.74 Å². The predicted molar refractivity (Wildman–Crippen MR) is 71.7 cm³/mol. The maximum atomic E-state index is 5.36. The van der Waals surface area contributed by atoms with E-state index in [1.54, 1.807) is 0 Å². The number of benzene rings is 1. The Hall–Kier alpha value is -1.68. The van der Waals surface area contributed by atoms with Crippen molar-refractivity contribution in [3.05, 3.63) is 30.0 Å². The third kappa shape index (κ3) is 2.29. The minimum atomic E-state index is 0.452. The lowest BCUT2D eigenvalue weighted by atomic mass is 10.1. The molecule has 0 unspecified atom stereocenters. The average molecular weight is 243 g/mol. The van der Waals surface area contributed by atoms with E-state index >= 15 is 0 Å². The van der Waals surface area contributed by atoms with Crippen LogP contribution in [0.5, 0.6) is 0 Å². The van der Waals surface area contributed by atoms with Crippen LogP contribution in [0, 0.1) is 6.92 Å². The topological polar surface area (TPSA) is 47.0 Å². The van der Waals surface area contributed by atoms with Gasteiger partial charge in [0, 0.05) is 19.3 Å². The van der Waals surface area contributed by atoms with Crippen molar-refractivity contribution in [2.45, 2.75) is 25.8 Å². The van der Waals surface area contributed by atoms with Crippen molar-refractivity contribution in [1.29, 1.82) is 0 Å². The first kappa shape index (κ1) is 11.4. The van der Waals surface area contributed by atoms with Crippen molar-refractivity contribution in [3.63, 3.8) is 0 Å². The zero-order chi connectivity index (χ0) is 12.4. The molecular formula is C14H17N3O. The molecule has 1 saturated heterocycles. The molecule has 1 aromatic carbocycles. The fourth-order valence-electron chi connectivity index (χ4n) is 2.26. The van der Waals surface area contributed by atoms with E-state index in [0.29, 0.717) is 6.04 Å². The lowest BCUT2D eigenvalue weighted by Crippen LogP contribution is -2.28. The molecule has 0 atom stereocenters. The van der Waals surface area contributed by atoms with Crippen molar-refractivity contribution >= 4 is 16.9 Å². The smallest absolute Gasteiger partial charge is 0.148 e. The summed E-state index contributed by atoms with van der Waals surface area (Å²) in [6.07, 6.45) is 2.07. The summed E-state index contributed by atoms with van der Waals surface area (Å²) < 4.78 is 5.36. The van der Waals surface area contributed by atoms with E-state index in [-0.39, 0.29) is 0 Å². The van der Waals surface area contributed by atoms with Crippen LogP contribution in [0.25, 0.3) is 11.0 Å². The number of fused-ring (bicyclic) bond motifs is 1.